The molecule has 0 radical (unpaired) electrons. The largest absolute Gasteiger partial charge is 0.319 e. The van der Waals surface area contributed by atoms with E-state index in [1.54, 1.807) is 18.2 Å². The van der Waals surface area contributed by atoms with Gasteiger partial charge in [0.05, 0.1) is 23.0 Å². The first-order valence-corrected chi connectivity index (χ1v) is 5.83. The molecule has 0 aliphatic heterocycles. The summed E-state index contributed by atoms with van der Waals surface area (Å²) in [4.78, 5) is 12.1. The summed E-state index contributed by atoms with van der Waals surface area (Å²) in [6.45, 7) is 0. The van der Waals surface area contributed by atoms with E-state index in [1.807, 2.05) is 0 Å². The summed E-state index contributed by atoms with van der Waals surface area (Å²) in [7, 11) is 0. The first-order valence-electron chi connectivity index (χ1n) is 5.83. The topological polar surface area (TPSA) is 57.8 Å². The van der Waals surface area contributed by atoms with Crippen molar-refractivity contribution in [2.75, 3.05) is 5.32 Å². The van der Waals surface area contributed by atoms with Gasteiger partial charge in [0.2, 0.25) is 0 Å². The predicted octanol–water partition coefficient (Wildman–Crippen LogP) is 3.09. The Kier molecular flexibility index (Phi) is 2.90. The fraction of sp³-hybridized carbons (Fsp3) is 0. The van der Waals surface area contributed by atoms with E-state index >= 15 is 0 Å². The Bertz CT molecular complexity index is 798. The molecule has 3 rings (SSSR count). The molecule has 0 spiro atoms. The van der Waals surface area contributed by atoms with Gasteiger partial charge in [0, 0.05) is 11.5 Å². The van der Waals surface area contributed by atoms with Gasteiger partial charge < -0.3 is 5.32 Å². The van der Waals surface area contributed by atoms with Gasteiger partial charge in [-0.15, -0.1) is 0 Å². The second-order valence-electron chi connectivity index (χ2n) is 4.22. The number of nitrogens with zero attached hydrogens (tertiary/aromatic N) is 1. The summed E-state index contributed by atoms with van der Waals surface area (Å²) in [6.07, 6.45) is 1.52. The maximum absolute atomic E-state index is 13.5. The molecule has 0 atom stereocenters. The maximum atomic E-state index is 13.5. The average molecular weight is 273 g/mol. The Hall–Kier alpha value is -2.76. The smallest absolute Gasteiger partial charge is 0.256 e. The van der Waals surface area contributed by atoms with Crippen LogP contribution in [0.25, 0.3) is 10.9 Å². The van der Waals surface area contributed by atoms with Crippen LogP contribution in [0.3, 0.4) is 0 Å². The Morgan fingerprint density at radius 2 is 2.05 bits per heavy atom. The molecule has 1 heterocycles. The lowest BCUT2D eigenvalue weighted by Crippen LogP contribution is -2.13. The number of aromatic nitrogens is 2. The highest BCUT2D eigenvalue weighted by molar-refractivity contribution is 6.12. The molecular formula is C14H9F2N3O. The lowest BCUT2D eigenvalue weighted by Gasteiger charge is -2.07. The Morgan fingerprint density at radius 3 is 2.85 bits per heavy atom. The number of amides is 1. The lowest BCUT2D eigenvalue weighted by molar-refractivity contribution is 0.102. The van der Waals surface area contributed by atoms with E-state index < -0.39 is 17.5 Å². The predicted molar refractivity (Wildman–Crippen MR) is 70.4 cm³/mol. The van der Waals surface area contributed by atoms with Crippen LogP contribution in [0.5, 0.6) is 0 Å². The molecule has 0 bridgehead atoms. The van der Waals surface area contributed by atoms with Crippen LogP contribution < -0.4 is 5.32 Å². The summed E-state index contributed by atoms with van der Waals surface area (Å²) in [5, 5.41) is 9.64. The molecule has 3 aromatic rings. The second-order valence-corrected chi connectivity index (χ2v) is 4.22. The average Bonchev–Trinajstić information content (AvgIpc) is 2.90. The summed E-state index contributed by atoms with van der Waals surface area (Å²) in [6, 6.07) is 8.05. The molecule has 1 amide bonds. The Labute approximate surface area is 112 Å². The number of carbonyl (C=O) groups is 1. The minimum absolute atomic E-state index is 0.0723. The fourth-order valence-electron chi connectivity index (χ4n) is 1.95. The van der Waals surface area contributed by atoms with Gasteiger partial charge in [-0.05, 0) is 24.3 Å². The van der Waals surface area contributed by atoms with Crippen molar-refractivity contribution in [2.45, 2.75) is 0 Å². The first-order chi connectivity index (χ1) is 9.65. The molecule has 1 aromatic heterocycles. The first kappa shape index (κ1) is 12.3. The SMILES string of the molecule is O=C(Nc1ccc(F)cc1F)c1cccc2[nH]ncc12. The van der Waals surface area contributed by atoms with Crippen LogP contribution in [0, 0.1) is 11.6 Å². The molecule has 0 unspecified atom stereocenters. The molecule has 2 N–H and O–H groups in total. The minimum atomic E-state index is -0.822. The van der Waals surface area contributed by atoms with E-state index in [9.17, 15) is 13.6 Å². The molecule has 2 aromatic carbocycles. The Morgan fingerprint density at radius 1 is 1.20 bits per heavy atom. The molecule has 4 nitrogen and oxygen atoms in total. The molecule has 0 saturated carbocycles. The monoisotopic (exact) mass is 273 g/mol. The normalized spacial score (nSPS) is 10.7. The molecular weight excluding hydrogens is 264 g/mol. The molecule has 20 heavy (non-hydrogen) atoms. The molecule has 0 fully saturated rings. The van der Waals surface area contributed by atoms with Crippen LogP contribution in [-0.4, -0.2) is 16.1 Å². The van der Waals surface area contributed by atoms with Gasteiger partial charge in [0.15, 0.2) is 0 Å². The highest BCUT2D eigenvalue weighted by Gasteiger charge is 2.13. The lowest BCUT2D eigenvalue weighted by atomic mass is 10.1. The number of anilines is 1. The highest BCUT2D eigenvalue weighted by Crippen LogP contribution is 2.20. The zero-order chi connectivity index (χ0) is 14.1. The molecule has 0 aliphatic carbocycles. The van der Waals surface area contributed by atoms with Crippen LogP contribution in [0.15, 0.2) is 42.6 Å². The van der Waals surface area contributed by atoms with Crippen molar-refractivity contribution in [2.24, 2.45) is 0 Å². The molecule has 0 aliphatic rings. The number of hydrogen-bond donors (Lipinski definition) is 2. The van der Waals surface area contributed by atoms with Crippen LogP contribution >= 0.6 is 0 Å². The Balaban J connectivity index is 1.95. The second kappa shape index (κ2) is 4.73. The molecule has 100 valence electrons. The van der Waals surface area contributed by atoms with Gasteiger partial charge >= 0.3 is 0 Å². The number of halogens is 2. The number of H-pyrrole nitrogens is 1. The van der Waals surface area contributed by atoms with Gasteiger partial charge in [-0.25, -0.2) is 8.78 Å². The van der Waals surface area contributed by atoms with E-state index in [0.29, 0.717) is 22.5 Å². The molecule has 0 saturated heterocycles. The summed E-state index contributed by atoms with van der Waals surface area (Å²) in [5.41, 5.74) is 0.995. The summed E-state index contributed by atoms with van der Waals surface area (Å²) >= 11 is 0. The molecule has 6 heteroatoms. The van der Waals surface area contributed by atoms with Crippen molar-refractivity contribution in [1.29, 1.82) is 0 Å². The summed E-state index contributed by atoms with van der Waals surface area (Å²) in [5.74, 6) is -2.00. The van der Waals surface area contributed by atoms with Crippen molar-refractivity contribution in [3.63, 3.8) is 0 Å². The third-order valence-corrected chi connectivity index (χ3v) is 2.91. The van der Waals surface area contributed by atoms with Crippen molar-refractivity contribution >= 4 is 22.5 Å². The van der Waals surface area contributed by atoms with Gasteiger partial charge in [0.25, 0.3) is 5.91 Å². The zero-order valence-electron chi connectivity index (χ0n) is 10.2. The van der Waals surface area contributed by atoms with E-state index in [1.165, 1.54) is 12.3 Å². The number of benzene rings is 2. The van der Waals surface area contributed by atoms with Gasteiger partial charge in [-0.2, -0.15) is 5.10 Å². The van der Waals surface area contributed by atoms with E-state index in [-0.39, 0.29) is 5.69 Å². The van der Waals surface area contributed by atoms with E-state index in [0.717, 1.165) is 6.07 Å². The fourth-order valence-corrected chi connectivity index (χ4v) is 1.95. The maximum Gasteiger partial charge on any atom is 0.256 e. The number of nitrogens with one attached hydrogen (secondary N) is 2. The number of carbonyl (C=O) groups excluding carboxylic acids is 1. The van der Waals surface area contributed by atoms with E-state index in [2.05, 4.69) is 15.5 Å². The number of rotatable bonds is 2. The van der Waals surface area contributed by atoms with Crippen molar-refractivity contribution in [3.05, 3.63) is 59.8 Å². The number of aromatic amines is 1. The van der Waals surface area contributed by atoms with Gasteiger partial charge in [-0.1, -0.05) is 6.07 Å². The van der Waals surface area contributed by atoms with E-state index in [4.69, 9.17) is 0 Å². The quantitative estimate of drug-likeness (QED) is 0.753. The van der Waals surface area contributed by atoms with Crippen LogP contribution in [-0.2, 0) is 0 Å². The zero-order valence-corrected chi connectivity index (χ0v) is 10.2. The van der Waals surface area contributed by atoms with Crippen molar-refractivity contribution in [3.8, 4) is 0 Å². The summed E-state index contributed by atoms with van der Waals surface area (Å²) < 4.78 is 26.3. The van der Waals surface area contributed by atoms with Crippen LogP contribution in [0.4, 0.5) is 14.5 Å². The third-order valence-electron chi connectivity index (χ3n) is 2.91. The number of fused-ring (bicyclic) bond motifs is 1. The van der Waals surface area contributed by atoms with Crippen LogP contribution in [0.2, 0.25) is 0 Å². The standard InChI is InChI=1S/C14H9F2N3O/c15-8-4-5-13(11(16)6-8)18-14(20)9-2-1-3-12-10(9)7-17-19-12/h1-7H,(H,17,19)(H,18,20). The third kappa shape index (κ3) is 2.11. The van der Waals surface area contributed by atoms with Crippen molar-refractivity contribution in [1.82, 2.24) is 10.2 Å². The van der Waals surface area contributed by atoms with Crippen LogP contribution in [0.1, 0.15) is 10.4 Å². The highest BCUT2D eigenvalue weighted by atomic mass is 19.1. The number of hydrogen-bond acceptors (Lipinski definition) is 2. The minimum Gasteiger partial charge on any atom is -0.319 e. The van der Waals surface area contributed by atoms with Gasteiger partial charge in [-0.3, -0.25) is 9.89 Å². The van der Waals surface area contributed by atoms with Gasteiger partial charge in [0.1, 0.15) is 11.6 Å². The van der Waals surface area contributed by atoms with Crippen molar-refractivity contribution < 1.29 is 13.6 Å².